The largest absolute Gasteiger partial charge is 0.459 e. The van der Waals surface area contributed by atoms with Crippen molar-refractivity contribution >= 4 is 14.5 Å². The average Bonchev–Trinajstić information content (AvgIpc) is 2.41. The van der Waals surface area contributed by atoms with E-state index in [1.54, 1.807) is 13.5 Å². The third-order valence-corrected chi connectivity index (χ3v) is 6.38. The van der Waals surface area contributed by atoms with E-state index < -0.39 is 14.3 Å². The molecule has 0 radical (unpaired) electrons. The Balaban J connectivity index is 4.35. The van der Waals surface area contributed by atoms with Gasteiger partial charge < -0.3 is 18.7 Å². The van der Waals surface area contributed by atoms with Crippen molar-refractivity contribution < 1.29 is 23.5 Å². The number of carbonyl (C=O) groups is 1. The molecular formula is C13H26O5Si. The average molecular weight is 290 g/mol. The first kappa shape index (κ1) is 18.3. The van der Waals surface area contributed by atoms with Crippen LogP contribution in [0.2, 0.25) is 6.55 Å². The highest BCUT2D eigenvalue weighted by Gasteiger charge is 2.38. The van der Waals surface area contributed by atoms with Crippen LogP contribution in [0.4, 0.5) is 0 Å². The Morgan fingerprint density at radius 2 is 1.84 bits per heavy atom. The van der Waals surface area contributed by atoms with Crippen molar-refractivity contribution in [2.24, 2.45) is 0 Å². The monoisotopic (exact) mass is 290 g/mol. The van der Waals surface area contributed by atoms with Crippen molar-refractivity contribution in [3.05, 3.63) is 12.2 Å². The number of carbonyl (C=O) groups excluding carboxylic acids is 1. The summed E-state index contributed by atoms with van der Waals surface area (Å²) in [5, 5.41) is 10.1. The van der Waals surface area contributed by atoms with Gasteiger partial charge in [0.1, 0.15) is 6.10 Å². The van der Waals surface area contributed by atoms with Gasteiger partial charge in [0.25, 0.3) is 0 Å². The van der Waals surface area contributed by atoms with Crippen molar-refractivity contribution in [3.8, 4) is 0 Å². The molecule has 0 aromatic rings. The molecule has 112 valence electrons. The molecule has 0 saturated carbocycles. The molecule has 0 rings (SSSR count). The standard InChI is InChI=1S/C13H26O5Si/c1-7-11(18-13(15)10(2)3)8-9-12(14)19(6,16-4)17-5/h11-12,14H,2,7-9H2,1,3-6H3. The smallest absolute Gasteiger partial charge is 0.364 e. The normalized spacial score (nSPS) is 14.8. The van der Waals surface area contributed by atoms with Crippen LogP contribution in [-0.2, 0) is 18.4 Å². The van der Waals surface area contributed by atoms with E-state index in [1.165, 1.54) is 14.2 Å². The second-order valence-corrected chi connectivity index (χ2v) is 8.25. The Labute approximate surface area is 116 Å². The Hall–Kier alpha value is -0.693. The molecule has 5 nitrogen and oxygen atoms in total. The highest BCUT2D eigenvalue weighted by molar-refractivity contribution is 6.67. The van der Waals surface area contributed by atoms with Crippen LogP contribution in [-0.4, -0.2) is 45.7 Å². The van der Waals surface area contributed by atoms with Crippen molar-refractivity contribution in [1.82, 2.24) is 0 Å². The third kappa shape index (κ3) is 5.86. The van der Waals surface area contributed by atoms with Crippen molar-refractivity contribution in [2.45, 2.75) is 51.5 Å². The minimum atomic E-state index is -2.54. The first-order valence-corrected chi connectivity index (χ1v) is 8.84. The molecule has 19 heavy (non-hydrogen) atoms. The molecule has 0 aliphatic rings. The van der Waals surface area contributed by atoms with Gasteiger partial charge in [0, 0.05) is 19.8 Å². The summed E-state index contributed by atoms with van der Waals surface area (Å²) in [6.07, 6.45) is 1.54. The van der Waals surface area contributed by atoms with Crippen molar-refractivity contribution in [2.75, 3.05) is 14.2 Å². The van der Waals surface area contributed by atoms with Gasteiger partial charge in [0.2, 0.25) is 0 Å². The maximum atomic E-state index is 11.4. The molecule has 0 aromatic heterocycles. The summed E-state index contributed by atoms with van der Waals surface area (Å²) >= 11 is 0. The van der Waals surface area contributed by atoms with Crippen molar-refractivity contribution in [1.29, 1.82) is 0 Å². The van der Waals surface area contributed by atoms with Crippen molar-refractivity contribution in [3.63, 3.8) is 0 Å². The quantitative estimate of drug-likeness (QED) is 0.399. The number of hydrogen-bond donors (Lipinski definition) is 1. The second-order valence-electron chi connectivity index (χ2n) is 4.73. The van der Waals surface area contributed by atoms with E-state index in [0.29, 0.717) is 24.8 Å². The first-order valence-electron chi connectivity index (χ1n) is 6.45. The summed E-state index contributed by atoms with van der Waals surface area (Å²) in [5.74, 6) is -0.389. The van der Waals surface area contributed by atoms with Gasteiger partial charge in [-0.1, -0.05) is 13.5 Å². The van der Waals surface area contributed by atoms with Gasteiger partial charge in [-0.05, 0) is 32.7 Å². The molecule has 0 aliphatic heterocycles. The lowest BCUT2D eigenvalue weighted by Crippen LogP contribution is -2.49. The molecule has 0 spiro atoms. The van der Waals surface area contributed by atoms with Crippen LogP contribution in [0.5, 0.6) is 0 Å². The van der Waals surface area contributed by atoms with E-state index in [4.69, 9.17) is 13.6 Å². The molecule has 0 aromatic carbocycles. The number of rotatable bonds is 9. The fraction of sp³-hybridized carbons (Fsp3) is 0.769. The molecule has 0 aliphatic carbocycles. The lowest BCUT2D eigenvalue weighted by molar-refractivity contribution is -0.144. The van der Waals surface area contributed by atoms with E-state index >= 15 is 0 Å². The van der Waals surface area contributed by atoms with E-state index in [1.807, 2.05) is 6.92 Å². The topological polar surface area (TPSA) is 65.0 Å². The summed E-state index contributed by atoms with van der Waals surface area (Å²) in [5.41, 5.74) is -0.271. The minimum absolute atomic E-state index is 0.217. The van der Waals surface area contributed by atoms with Crippen LogP contribution < -0.4 is 0 Å². The zero-order chi connectivity index (χ0) is 15.1. The maximum absolute atomic E-state index is 11.4. The predicted octanol–water partition coefficient (Wildman–Crippen LogP) is 1.93. The van der Waals surface area contributed by atoms with Crippen LogP contribution >= 0.6 is 0 Å². The number of aliphatic hydroxyl groups excluding tert-OH is 1. The molecular weight excluding hydrogens is 264 g/mol. The lowest BCUT2D eigenvalue weighted by Gasteiger charge is -2.29. The fourth-order valence-electron chi connectivity index (χ4n) is 1.56. The molecule has 6 heteroatoms. The molecule has 2 atom stereocenters. The van der Waals surface area contributed by atoms with Crippen LogP contribution in [0.25, 0.3) is 0 Å². The fourth-order valence-corrected chi connectivity index (χ4v) is 2.96. The Bertz CT molecular complexity index is 301. The lowest BCUT2D eigenvalue weighted by atomic mass is 10.1. The van der Waals surface area contributed by atoms with Gasteiger partial charge in [0.15, 0.2) is 0 Å². The minimum Gasteiger partial charge on any atom is -0.459 e. The molecule has 1 N–H and O–H groups in total. The Morgan fingerprint density at radius 3 is 2.21 bits per heavy atom. The third-order valence-electron chi connectivity index (χ3n) is 3.26. The van der Waals surface area contributed by atoms with Crippen LogP contribution in [0.1, 0.15) is 33.1 Å². The molecule has 2 unspecified atom stereocenters. The summed E-state index contributed by atoms with van der Waals surface area (Å²) in [4.78, 5) is 11.4. The molecule has 0 heterocycles. The van der Waals surface area contributed by atoms with E-state index in [9.17, 15) is 9.90 Å². The van der Waals surface area contributed by atoms with Gasteiger partial charge in [-0.2, -0.15) is 0 Å². The zero-order valence-electron chi connectivity index (χ0n) is 12.6. The summed E-state index contributed by atoms with van der Waals surface area (Å²) in [7, 11) is 0.533. The van der Waals surface area contributed by atoms with Gasteiger partial charge in [-0.3, -0.25) is 0 Å². The molecule has 0 saturated heterocycles. The maximum Gasteiger partial charge on any atom is 0.364 e. The molecule has 0 bridgehead atoms. The van der Waals surface area contributed by atoms with E-state index in [2.05, 4.69) is 6.58 Å². The number of esters is 1. The summed E-state index contributed by atoms with van der Waals surface area (Å²) in [6.45, 7) is 8.90. The number of hydrogen-bond acceptors (Lipinski definition) is 5. The SMILES string of the molecule is C=C(C)C(=O)OC(CC)CCC(O)[Si](C)(OC)OC. The van der Waals surface area contributed by atoms with E-state index in [0.717, 1.165) is 0 Å². The summed E-state index contributed by atoms with van der Waals surface area (Å²) in [6, 6.07) is 0. The van der Waals surface area contributed by atoms with Crippen LogP contribution in [0.15, 0.2) is 12.2 Å². The first-order chi connectivity index (χ1) is 8.80. The van der Waals surface area contributed by atoms with Gasteiger partial charge >= 0.3 is 14.5 Å². The molecule has 0 amide bonds. The van der Waals surface area contributed by atoms with Gasteiger partial charge in [-0.25, -0.2) is 4.79 Å². The van der Waals surface area contributed by atoms with Gasteiger partial charge in [-0.15, -0.1) is 0 Å². The number of ether oxygens (including phenoxy) is 1. The summed E-state index contributed by atoms with van der Waals surface area (Å²) < 4.78 is 15.8. The molecule has 0 fully saturated rings. The van der Waals surface area contributed by atoms with Gasteiger partial charge in [0.05, 0.1) is 5.73 Å². The van der Waals surface area contributed by atoms with Crippen LogP contribution in [0, 0.1) is 0 Å². The van der Waals surface area contributed by atoms with E-state index in [-0.39, 0.29) is 12.1 Å². The number of aliphatic hydroxyl groups is 1. The predicted molar refractivity (Wildman–Crippen MR) is 75.9 cm³/mol. The highest BCUT2D eigenvalue weighted by Crippen LogP contribution is 2.18. The zero-order valence-corrected chi connectivity index (χ0v) is 13.6. The Morgan fingerprint density at radius 1 is 1.32 bits per heavy atom. The Kier molecular flexibility index (Phi) is 8.16. The highest BCUT2D eigenvalue weighted by atomic mass is 28.4. The second kappa shape index (κ2) is 8.47. The van der Waals surface area contributed by atoms with Crippen LogP contribution in [0.3, 0.4) is 0 Å².